The van der Waals surface area contributed by atoms with Gasteiger partial charge in [0.2, 0.25) is 15.9 Å². The summed E-state index contributed by atoms with van der Waals surface area (Å²) in [6.45, 7) is 9.43. The van der Waals surface area contributed by atoms with Gasteiger partial charge in [0.1, 0.15) is 6.54 Å². The third kappa shape index (κ3) is 4.89. The smallest absolute Gasteiger partial charge is 0.245 e. The molecule has 1 N–H and O–H groups in total. The Labute approximate surface area is 162 Å². The van der Waals surface area contributed by atoms with Crippen molar-refractivity contribution in [2.75, 3.05) is 22.4 Å². The molecular weight excluding hydrogens is 360 g/mol. The molecule has 0 aliphatic heterocycles. The van der Waals surface area contributed by atoms with Gasteiger partial charge in [-0.25, -0.2) is 8.42 Å². The van der Waals surface area contributed by atoms with E-state index in [1.54, 1.807) is 0 Å². The Morgan fingerprint density at radius 2 is 1.63 bits per heavy atom. The van der Waals surface area contributed by atoms with Crippen LogP contribution in [0.1, 0.15) is 34.7 Å². The Kier molecular flexibility index (Phi) is 6.31. The van der Waals surface area contributed by atoms with Crippen LogP contribution >= 0.6 is 0 Å². The van der Waals surface area contributed by atoms with E-state index in [2.05, 4.69) is 5.32 Å². The number of para-hydroxylation sites is 1. The number of aryl methyl sites for hydroxylation is 5. The largest absolute Gasteiger partial charge is 0.324 e. The highest BCUT2D eigenvalue weighted by Gasteiger charge is 2.24. The van der Waals surface area contributed by atoms with Crippen LogP contribution in [0.15, 0.2) is 30.3 Å². The number of nitrogens with zero attached hydrogens (tertiary/aromatic N) is 1. The number of hydrogen-bond donors (Lipinski definition) is 1. The molecule has 1 amide bonds. The average Bonchev–Trinajstić information content (AvgIpc) is 2.55. The molecule has 0 saturated carbocycles. The van der Waals surface area contributed by atoms with Crippen molar-refractivity contribution in [1.29, 1.82) is 0 Å². The van der Waals surface area contributed by atoms with Crippen LogP contribution in [-0.2, 0) is 21.2 Å². The Bertz CT molecular complexity index is 942. The number of carbonyl (C=O) groups is 1. The number of hydrogen-bond acceptors (Lipinski definition) is 3. The summed E-state index contributed by atoms with van der Waals surface area (Å²) in [5, 5.41) is 2.89. The van der Waals surface area contributed by atoms with Crippen LogP contribution in [0.3, 0.4) is 0 Å². The number of carbonyl (C=O) groups excluding carboxylic acids is 1. The van der Waals surface area contributed by atoms with E-state index < -0.39 is 10.0 Å². The van der Waals surface area contributed by atoms with Crippen LogP contribution in [0.5, 0.6) is 0 Å². The summed E-state index contributed by atoms with van der Waals surface area (Å²) in [4.78, 5) is 12.7. The maximum absolute atomic E-state index is 12.7. The lowest BCUT2D eigenvalue weighted by Gasteiger charge is -2.26. The van der Waals surface area contributed by atoms with Gasteiger partial charge >= 0.3 is 0 Å². The van der Waals surface area contributed by atoms with Gasteiger partial charge in [-0.05, 0) is 56.4 Å². The van der Waals surface area contributed by atoms with Gasteiger partial charge in [-0.15, -0.1) is 0 Å². The fourth-order valence-electron chi connectivity index (χ4n) is 3.41. The van der Waals surface area contributed by atoms with Crippen molar-refractivity contribution < 1.29 is 13.2 Å². The molecule has 0 atom stereocenters. The van der Waals surface area contributed by atoms with E-state index in [0.29, 0.717) is 12.1 Å². The minimum atomic E-state index is -3.61. The van der Waals surface area contributed by atoms with Crippen molar-refractivity contribution in [3.8, 4) is 0 Å². The highest BCUT2D eigenvalue weighted by molar-refractivity contribution is 7.92. The summed E-state index contributed by atoms with van der Waals surface area (Å²) < 4.78 is 26.1. The van der Waals surface area contributed by atoms with Gasteiger partial charge in [0.05, 0.1) is 11.9 Å². The first-order valence-electron chi connectivity index (χ1n) is 8.98. The van der Waals surface area contributed by atoms with Gasteiger partial charge in [0, 0.05) is 5.69 Å². The summed E-state index contributed by atoms with van der Waals surface area (Å²) in [7, 11) is -3.61. The third-order valence-electron chi connectivity index (χ3n) is 4.58. The molecule has 0 aromatic heterocycles. The van der Waals surface area contributed by atoms with Crippen molar-refractivity contribution in [3.05, 3.63) is 58.1 Å². The van der Waals surface area contributed by atoms with E-state index in [9.17, 15) is 13.2 Å². The average molecular weight is 389 g/mol. The van der Waals surface area contributed by atoms with Gasteiger partial charge in [0.25, 0.3) is 0 Å². The Hall–Kier alpha value is -2.34. The molecule has 0 aliphatic carbocycles. The highest BCUT2D eigenvalue weighted by atomic mass is 32.2. The topological polar surface area (TPSA) is 66.5 Å². The van der Waals surface area contributed by atoms with Crippen molar-refractivity contribution in [3.63, 3.8) is 0 Å². The van der Waals surface area contributed by atoms with Gasteiger partial charge < -0.3 is 5.32 Å². The predicted octanol–water partition coefficient (Wildman–Crippen LogP) is 3.89. The molecule has 0 radical (unpaired) electrons. The van der Waals surface area contributed by atoms with E-state index in [-0.39, 0.29) is 12.5 Å². The van der Waals surface area contributed by atoms with E-state index in [1.165, 1.54) is 4.31 Å². The summed E-state index contributed by atoms with van der Waals surface area (Å²) >= 11 is 0. The third-order valence-corrected chi connectivity index (χ3v) is 5.69. The van der Waals surface area contributed by atoms with Crippen molar-refractivity contribution in [1.82, 2.24) is 0 Å². The second kappa shape index (κ2) is 8.13. The second-order valence-electron chi connectivity index (χ2n) is 7.03. The van der Waals surface area contributed by atoms with Crippen LogP contribution in [0.2, 0.25) is 0 Å². The number of anilines is 2. The van der Waals surface area contributed by atoms with Crippen LogP contribution in [0, 0.1) is 27.7 Å². The molecule has 0 spiro atoms. The molecule has 146 valence electrons. The van der Waals surface area contributed by atoms with Gasteiger partial charge in [0.15, 0.2) is 0 Å². The van der Waals surface area contributed by atoms with E-state index in [1.807, 2.05) is 65.0 Å². The maximum atomic E-state index is 12.7. The molecule has 2 aromatic rings. The van der Waals surface area contributed by atoms with Crippen molar-refractivity contribution >= 4 is 27.3 Å². The first-order valence-corrected chi connectivity index (χ1v) is 10.8. The standard InChI is InChI=1S/C21H28N2O3S/c1-7-18-10-8-9-15(3)21(18)23(27(6,25)26)13-19(24)22-20-16(4)11-14(2)12-17(20)5/h8-12H,7,13H2,1-6H3,(H,22,24). The normalized spacial score (nSPS) is 11.3. The first kappa shape index (κ1) is 21.0. The SMILES string of the molecule is CCc1cccc(C)c1N(CC(=O)Nc1c(C)cc(C)cc1C)S(C)(=O)=O. The highest BCUT2D eigenvalue weighted by Crippen LogP contribution is 2.28. The summed E-state index contributed by atoms with van der Waals surface area (Å²) in [5.74, 6) is -0.360. The number of amides is 1. The number of sulfonamides is 1. The fraction of sp³-hybridized carbons (Fsp3) is 0.381. The zero-order valence-corrected chi connectivity index (χ0v) is 17.7. The molecule has 0 unspecified atom stereocenters. The van der Waals surface area contributed by atoms with Gasteiger partial charge in [-0.2, -0.15) is 0 Å². The number of rotatable bonds is 6. The lowest BCUT2D eigenvalue weighted by Crippen LogP contribution is -2.38. The molecule has 2 aromatic carbocycles. The predicted molar refractivity (Wildman–Crippen MR) is 112 cm³/mol. The number of nitrogens with one attached hydrogen (secondary N) is 1. The van der Waals surface area contributed by atoms with Crippen LogP contribution in [0.25, 0.3) is 0 Å². The minimum absolute atomic E-state index is 0.260. The molecule has 6 heteroatoms. The maximum Gasteiger partial charge on any atom is 0.245 e. The number of benzene rings is 2. The van der Waals surface area contributed by atoms with E-state index >= 15 is 0 Å². The van der Waals surface area contributed by atoms with Crippen LogP contribution < -0.4 is 9.62 Å². The lowest BCUT2D eigenvalue weighted by molar-refractivity contribution is -0.114. The Balaban J connectivity index is 2.38. The van der Waals surface area contributed by atoms with E-state index in [4.69, 9.17) is 0 Å². The Morgan fingerprint density at radius 1 is 1.04 bits per heavy atom. The molecule has 0 aliphatic rings. The Morgan fingerprint density at radius 3 is 2.15 bits per heavy atom. The first-order chi connectivity index (χ1) is 12.5. The molecule has 0 heterocycles. The monoisotopic (exact) mass is 388 g/mol. The molecule has 0 fully saturated rings. The van der Waals surface area contributed by atoms with Crippen LogP contribution in [0.4, 0.5) is 11.4 Å². The second-order valence-corrected chi connectivity index (χ2v) is 8.93. The quantitative estimate of drug-likeness (QED) is 0.816. The van der Waals surface area contributed by atoms with Crippen LogP contribution in [-0.4, -0.2) is 27.1 Å². The molecule has 0 saturated heterocycles. The molecule has 2 rings (SSSR count). The molecule has 27 heavy (non-hydrogen) atoms. The summed E-state index contributed by atoms with van der Waals surface area (Å²) in [5.41, 5.74) is 6.09. The zero-order valence-electron chi connectivity index (χ0n) is 16.9. The van der Waals surface area contributed by atoms with Gasteiger partial charge in [-0.3, -0.25) is 9.10 Å². The van der Waals surface area contributed by atoms with Gasteiger partial charge in [-0.1, -0.05) is 42.8 Å². The molecular formula is C21H28N2O3S. The summed E-state index contributed by atoms with van der Waals surface area (Å²) in [6.07, 6.45) is 1.81. The van der Waals surface area contributed by atoms with Crippen molar-refractivity contribution in [2.24, 2.45) is 0 Å². The lowest BCUT2D eigenvalue weighted by atomic mass is 10.0. The molecule has 0 bridgehead atoms. The minimum Gasteiger partial charge on any atom is -0.324 e. The fourth-order valence-corrected chi connectivity index (χ4v) is 4.36. The molecule has 5 nitrogen and oxygen atoms in total. The van der Waals surface area contributed by atoms with Crippen molar-refractivity contribution in [2.45, 2.75) is 41.0 Å². The summed E-state index contributed by atoms with van der Waals surface area (Å²) in [6, 6.07) is 9.64. The zero-order chi connectivity index (χ0) is 20.4. The van der Waals surface area contributed by atoms with E-state index in [0.717, 1.165) is 39.8 Å².